The van der Waals surface area contributed by atoms with Gasteiger partial charge in [-0.15, -0.1) is 11.3 Å². The molecular formula is C20H20N2O5S3. The van der Waals surface area contributed by atoms with Gasteiger partial charge in [0.2, 0.25) is 5.91 Å². The molecule has 3 aromatic rings. The van der Waals surface area contributed by atoms with Gasteiger partial charge in [0.1, 0.15) is 5.01 Å². The maximum Gasteiger partial charge on any atom is 0.264 e. The van der Waals surface area contributed by atoms with E-state index in [-0.39, 0.29) is 22.0 Å². The maximum absolute atomic E-state index is 12.6. The molecule has 1 amide bonds. The van der Waals surface area contributed by atoms with Gasteiger partial charge in [0.05, 0.1) is 22.0 Å². The third-order valence-corrected chi connectivity index (χ3v) is 8.42. The molecule has 2 aromatic carbocycles. The predicted octanol–water partition coefficient (Wildman–Crippen LogP) is 2.96. The van der Waals surface area contributed by atoms with Crippen LogP contribution in [0.1, 0.15) is 18.2 Å². The Bertz CT molecular complexity index is 1280. The molecule has 0 aliphatic heterocycles. The molecule has 0 saturated heterocycles. The molecule has 0 radical (unpaired) electrons. The van der Waals surface area contributed by atoms with Crippen molar-refractivity contribution >= 4 is 37.1 Å². The number of benzene rings is 2. The molecule has 10 heteroatoms. The zero-order valence-electron chi connectivity index (χ0n) is 16.3. The molecule has 0 aliphatic rings. The smallest absolute Gasteiger partial charge is 0.264 e. The second-order valence-electron chi connectivity index (χ2n) is 6.57. The van der Waals surface area contributed by atoms with Crippen molar-refractivity contribution in [2.45, 2.75) is 30.1 Å². The molecule has 158 valence electrons. The van der Waals surface area contributed by atoms with E-state index in [1.165, 1.54) is 47.7 Å². The lowest BCUT2D eigenvalue weighted by atomic mass is 10.1. The Labute approximate surface area is 179 Å². The second kappa shape index (κ2) is 8.66. The van der Waals surface area contributed by atoms with E-state index in [1.807, 2.05) is 12.3 Å². The van der Waals surface area contributed by atoms with Crippen LogP contribution in [0.5, 0.6) is 0 Å². The molecule has 0 spiro atoms. The lowest BCUT2D eigenvalue weighted by Gasteiger charge is -2.09. The fraction of sp³-hybridized carbons (Fsp3) is 0.200. The van der Waals surface area contributed by atoms with E-state index < -0.39 is 25.8 Å². The van der Waals surface area contributed by atoms with Gasteiger partial charge in [-0.2, -0.15) is 0 Å². The van der Waals surface area contributed by atoms with E-state index >= 15 is 0 Å². The number of sulfone groups is 1. The minimum Gasteiger partial charge on any atom is -0.274 e. The van der Waals surface area contributed by atoms with Gasteiger partial charge in [-0.1, -0.05) is 31.2 Å². The third-order valence-electron chi connectivity index (χ3n) is 4.29. The van der Waals surface area contributed by atoms with Crippen LogP contribution >= 0.6 is 11.3 Å². The van der Waals surface area contributed by atoms with Crippen molar-refractivity contribution in [3.63, 3.8) is 0 Å². The Morgan fingerprint density at radius 1 is 1.03 bits per heavy atom. The Morgan fingerprint density at radius 2 is 1.73 bits per heavy atom. The molecule has 7 nitrogen and oxygen atoms in total. The van der Waals surface area contributed by atoms with Crippen molar-refractivity contribution in [3.05, 3.63) is 65.2 Å². The van der Waals surface area contributed by atoms with Crippen molar-refractivity contribution in [3.8, 4) is 10.6 Å². The largest absolute Gasteiger partial charge is 0.274 e. The van der Waals surface area contributed by atoms with Crippen LogP contribution in [0.25, 0.3) is 10.6 Å². The van der Waals surface area contributed by atoms with Gasteiger partial charge in [0, 0.05) is 16.6 Å². The van der Waals surface area contributed by atoms with E-state index in [1.54, 1.807) is 19.1 Å². The van der Waals surface area contributed by atoms with Crippen LogP contribution in [-0.4, -0.2) is 33.5 Å². The van der Waals surface area contributed by atoms with Crippen LogP contribution in [0.15, 0.2) is 63.7 Å². The lowest BCUT2D eigenvalue weighted by Crippen LogP contribution is -2.31. The number of hydrogen-bond acceptors (Lipinski definition) is 7. The van der Waals surface area contributed by atoms with E-state index in [4.69, 9.17) is 0 Å². The average molecular weight is 465 g/mol. The SMILES string of the molecule is CCS(=O)(=O)c1ccc(CC(=O)NS(=O)(=O)c2cccc(-c3nc(C)cs3)c2)cc1. The van der Waals surface area contributed by atoms with Crippen molar-refractivity contribution in [2.75, 3.05) is 5.75 Å². The summed E-state index contributed by atoms with van der Waals surface area (Å²) in [5, 5.41) is 2.56. The van der Waals surface area contributed by atoms with Gasteiger partial charge in [0.25, 0.3) is 10.0 Å². The number of amides is 1. The minimum absolute atomic E-state index is 0.0231. The van der Waals surface area contributed by atoms with Crippen LogP contribution in [0.3, 0.4) is 0 Å². The number of nitrogens with zero attached hydrogens (tertiary/aromatic N) is 1. The number of thiazole rings is 1. The first-order chi connectivity index (χ1) is 14.1. The second-order valence-corrected chi connectivity index (χ2v) is 11.4. The number of rotatable bonds is 7. The number of aromatic nitrogens is 1. The summed E-state index contributed by atoms with van der Waals surface area (Å²) < 4.78 is 51.0. The first-order valence-electron chi connectivity index (χ1n) is 9.00. The molecule has 30 heavy (non-hydrogen) atoms. The summed E-state index contributed by atoms with van der Waals surface area (Å²) in [4.78, 5) is 16.8. The van der Waals surface area contributed by atoms with Crippen LogP contribution in [0.2, 0.25) is 0 Å². The predicted molar refractivity (Wildman–Crippen MR) is 115 cm³/mol. The van der Waals surface area contributed by atoms with Crippen molar-refractivity contribution in [1.82, 2.24) is 9.71 Å². The van der Waals surface area contributed by atoms with E-state index in [9.17, 15) is 21.6 Å². The standard InChI is InChI=1S/C20H20N2O5S3/c1-3-29(24,25)17-9-7-15(8-10-17)11-19(23)22-30(26,27)18-6-4-5-16(12-18)20-21-14(2)13-28-20/h4-10,12-13H,3,11H2,1-2H3,(H,22,23). The minimum atomic E-state index is -4.06. The molecule has 0 atom stereocenters. The highest BCUT2D eigenvalue weighted by Gasteiger charge is 2.19. The van der Waals surface area contributed by atoms with Crippen molar-refractivity contribution in [1.29, 1.82) is 0 Å². The van der Waals surface area contributed by atoms with E-state index in [0.717, 1.165) is 5.69 Å². The monoisotopic (exact) mass is 464 g/mol. The number of carbonyl (C=O) groups is 1. The summed E-state index contributed by atoms with van der Waals surface area (Å²) in [5.74, 6) is -0.735. The fourth-order valence-corrected chi connectivity index (χ4v) is 5.40. The van der Waals surface area contributed by atoms with Crippen LogP contribution < -0.4 is 4.72 Å². The third kappa shape index (κ3) is 5.13. The zero-order chi connectivity index (χ0) is 21.9. The normalized spacial score (nSPS) is 11.9. The number of nitrogens with one attached hydrogen (secondary N) is 1. The Morgan fingerprint density at radius 3 is 2.33 bits per heavy atom. The zero-order valence-corrected chi connectivity index (χ0v) is 18.8. The van der Waals surface area contributed by atoms with Crippen LogP contribution in [-0.2, 0) is 31.1 Å². The van der Waals surface area contributed by atoms with E-state index in [0.29, 0.717) is 16.1 Å². The van der Waals surface area contributed by atoms with Crippen molar-refractivity contribution < 1.29 is 21.6 Å². The fourth-order valence-electron chi connectivity index (χ4n) is 2.69. The van der Waals surface area contributed by atoms with Crippen LogP contribution in [0, 0.1) is 6.92 Å². The highest BCUT2D eigenvalue weighted by molar-refractivity contribution is 7.91. The topological polar surface area (TPSA) is 110 Å². The first kappa shape index (κ1) is 22.1. The van der Waals surface area contributed by atoms with E-state index in [2.05, 4.69) is 9.71 Å². The molecule has 0 bridgehead atoms. The molecule has 0 saturated carbocycles. The molecule has 0 unspecified atom stereocenters. The molecule has 0 fully saturated rings. The molecule has 0 aliphatic carbocycles. The molecule has 1 aromatic heterocycles. The number of sulfonamides is 1. The quantitative estimate of drug-likeness (QED) is 0.576. The highest BCUT2D eigenvalue weighted by Crippen LogP contribution is 2.25. The first-order valence-corrected chi connectivity index (χ1v) is 13.0. The summed E-state index contributed by atoms with van der Waals surface area (Å²) in [6, 6.07) is 12.1. The summed E-state index contributed by atoms with van der Waals surface area (Å²) in [7, 11) is -7.39. The lowest BCUT2D eigenvalue weighted by molar-refractivity contribution is -0.118. The molecular weight excluding hydrogens is 444 g/mol. The summed E-state index contributed by atoms with van der Waals surface area (Å²) >= 11 is 1.41. The van der Waals surface area contributed by atoms with Gasteiger partial charge in [0.15, 0.2) is 9.84 Å². The summed E-state index contributed by atoms with van der Waals surface area (Å²) in [5.41, 5.74) is 2.00. The number of carbonyl (C=O) groups excluding carboxylic acids is 1. The van der Waals surface area contributed by atoms with Gasteiger partial charge in [-0.3, -0.25) is 4.79 Å². The van der Waals surface area contributed by atoms with Crippen molar-refractivity contribution in [2.24, 2.45) is 0 Å². The number of hydrogen-bond donors (Lipinski definition) is 1. The van der Waals surface area contributed by atoms with Gasteiger partial charge in [-0.25, -0.2) is 26.5 Å². The summed E-state index contributed by atoms with van der Waals surface area (Å²) in [6.45, 7) is 3.40. The molecule has 1 heterocycles. The number of aryl methyl sites for hydroxylation is 1. The Kier molecular flexibility index (Phi) is 6.39. The Hall–Kier alpha value is -2.56. The summed E-state index contributed by atoms with van der Waals surface area (Å²) in [6.07, 6.45) is -0.197. The molecule has 1 N–H and O–H groups in total. The average Bonchev–Trinajstić information content (AvgIpc) is 3.14. The maximum atomic E-state index is 12.6. The van der Waals surface area contributed by atoms with Crippen LogP contribution in [0.4, 0.5) is 0 Å². The Balaban J connectivity index is 1.73. The van der Waals surface area contributed by atoms with Gasteiger partial charge < -0.3 is 0 Å². The molecule has 3 rings (SSSR count). The highest BCUT2D eigenvalue weighted by atomic mass is 32.2. The van der Waals surface area contributed by atoms with Gasteiger partial charge >= 0.3 is 0 Å². The van der Waals surface area contributed by atoms with Gasteiger partial charge in [-0.05, 0) is 36.8 Å².